The summed E-state index contributed by atoms with van der Waals surface area (Å²) in [6.07, 6.45) is 3.49. The van der Waals surface area contributed by atoms with E-state index in [1.807, 2.05) is 36.4 Å². The van der Waals surface area contributed by atoms with E-state index in [1.165, 1.54) is 4.31 Å². The van der Waals surface area contributed by atoms with Crippen molar-refractivity contribution < 1.29 is 22.7 Å². The minimum atomic E-state index is -3.60. The SMILES string of the molecule is CC(C)(F)CN1CCC(COc2ccc(-c3ccc(S(=O)(=O)N4CCCC4CO)cc3)cc2)CC1. The largest absolute Gasteiger partial charge is 0.493 e. The predicted octanol–water partition coefficient (Wildman–Crippen LogP) is 4.34. The van der Waals surface area contributed by atoms with Gasteiger partial charge in [0.25, 0.3) is 0 Å². The van der Waals surface area contributed by atoms with Crippen LogP contribution in [0.1, 0.15) is 39.5 Å². The number of ether oxygens (including phenoxy) is 1. The Balaban J connectivity index is 1.30. The summed E-state index contributed by atoms with van der Waals surface area (Å²) < 4.78 is 47.2. The monoisotopic (exact) mass is 504 g/mol. The molecule has 6 nitrogen and oxygen atoms in total. The van der Waals surface area contributed by atoms with E-state index < -0.39 is 15.7 Å². The number of nitrogens with zero attached hydrogens (tertiary/aromatic N) is 2. The highest BCUT2D eigenvalue weighted by molar-refractivity contribution is 7.89. The van der Waals surface area contributed by atoms with Crippen LogP contribution < -0.4 is 4.74 Å². The van der Waals surface area contributed by atoms with E-state index in [4.69, 9.17) is 4.74 Å². The summed E-state index contributed by atoms with van der Waals surface area (Å²) in [5.41, 5.74) is 0.757. The maximum atomic E-state index is 13.9. The third-order valence-electron chi connectivity index (χ3n) is 6.97. The van der Waals surface area contributed by atoms with Gasteiger partial charge >= 0.3 is 0 Å². The number of aliphatic hydroxyl groups excluding tert-OH is 1. The summed E-state index contributed by atoms with van der Waals surface area (Å²) in [6, 6.07) is 14.4. The van der Waals surface area contributed by atoms with Crippen LogP contribution in [0.15, 0.2) is 53.4 Å². The van der Waals surface area contributed by atoms with Crippen molar-refractivity contribution in [3.63, 3.8) is 0 Å². The predicted molar refractivity (Wildman–Crippen MR) is 136 cm³/mol. The van der Waals surface area contributed by atoms with Gasteiger partial charge in [-0.05, 0) is 93.9 Å². The Hall–Kier alpha value is -2.00. The van der Waals surface area contributed by atoms with Crippen LogP contribution in [0.2, 0.25) is 0 Å². The second kappa shape index (κ2) is 10.9. The molecule has 0 aliphatic carbocycles. The smallest absolute Gasteiger partial charge is 0.243 e. The fourth-order valence-corrected chi connectivity index (χ4v) is 6.75. The van der Waals surface area contributed by atoms with E-state index in [1.54, 1.807) is 26.0 Å². The van der Waals surface area contributed by atoms with E-state index in [0.717, 1.165) is 49.2 Å². The van der Waals surface area contributed by atoms with Gasteiger partial charge in [0.2, 0.25) is 10.0 Å². The molecule has 4 rings (SSSR count). The molecule has 2 aromatic carbocycles. The molecule has 2 fully saturated rings. The fraction of sp³-hybridized carbons (Fsp3) is 0.556. The van der Waals surface area contributed by atoms with Gasteiger partial charge in [0, 0.05) is 19.1 Å². The van der Waals surface area contributed by atoms with Gasteiger partial charge < -0.3 is 14.7 Å². The first-order valence-electron chi connectivity index (χ1n) is 12.5. The molecule has 2 aliphatic rings. The normalized spacial score (nSPS) is 20.9. The number of benzene rings is 2. The molecule has 0 aromatic heterocycles. The highest BCUT2D eigenvalue weighted by Crippen LogP contribution is 2.29. The van der Waals surface area contributed by atoms with Crippen LogP contribution in [-0.2, 0) is 10.0 Å². The highest BCUT2D eigenvalue weighted by atomic mass is 32.2. The lowest BCUT2D eigenvalue weighted by Gasteiger charge is -2.34. The van der Waals surface area contributed by atoms with Gasteiger partial charge in [0.15, 0.2) is 0 Å². The topological polar surface area (TPSA) is 70.1 Å². The maximum Gasteiger partial charge on any atom is 0.243 e. The summed E-state index contributed by atoms with van der Waals surface area (Å²) in [6.45, 7) is 6.51. The molecule has 0 saturated carbocycles. The first-order chi connectivity index (χ1) is 16.7. The van der Waals surface area contributed by atoms with Crippen molar-refractivity contribution in [2.75, 3.05) is 39.4 Å². The average molecular weight is 505 g/mol. The van der Waals surface area contributed by atoms with Crippen molar-refractivity contribution in [1.29, 1.82) is 0 Å². The zero-order valence-electron chi connectivity index (χ0n) is 20.7. The Morgan fingerprint density at radius 2 is 1.57 bits per heavy atom. The van der Waals surface area contributed by atoms with Gasteiger partial charge in [0.05, 0.1) is 18.1 Å². The lowest BCUT2D eigenvalue weighted by atomic mass is 9.97. The van der Waals surface area contributed by atoms with E-state index in [9.17, 15) is 17.9 Å². The van der Waals surface area contributed by atoms with E-state index >= 15 is 0 Å². The van der Waals surface area contributed by atoms with Crippen molar-refractivity contribution in [2.24, 2.45) is 5.92 Å². The molecular formula is C27H37FN2O4S. The Kier molecular flexibility index (Phi) is 8.16. The molecule has 2 saturated heterocycles. The van der Waals surface area contributed by atoms with Crippen LogP contribution in [0.3, 0.4) is 0 Å². The summed E-state index contributed by atoms with van der Waals surface area (Å²) in [4.78, 5) is 2.44. The summed E-state index contributed by atoms with van der Waals surface area (Å²) in [5.74, 6) is 1.29. The standard InChI is InChI=1S/C27H37FN2O4S/c1-27(2,28)20-29-16-13-21(14-17-29)19-34-25-9-5-22(6-10-25)23-7-11-26(12-8-23)35(32,33)30-15-3-4-24(30)18-31/h5-12,21,24,31H,3-4,13-20H2,1-2H3. The number of likely N-dealkylation sites (tertiary alicyclic amines) is 1. The molecule has 1 N–H and O–H groups in total. The minimum absolute atomic E-state index is 0.150. The number of alkyl halides is 1. The van der Waals surface area contributed by atoms with Crippen LogP contribution in [0.25, 0.3) is 11.1 Å². The minimum Gasteiger partial charge on any atom is -0.493 e. The molecule has 2 aliphatic heterocycles. The van der Waals surface area contributed by atoms with E-state index in [-0.39, 0.29) is 17.5 Å². The fourth-order valence-electron chi connectivity index (χ4n) is 5.06. The number of hydrogen-bond donors (Lipinski definition) is 1. The third-order valence-corrected chi connectivity index (χ3v) is 8.94. The summed E-state index contributed by atoms with van der Waals surface area (Å²) >= 11 is 0. The first kappa shape index (κ1) is 26.1. The molecular weight excluding hydrogens is 467 g/mol. The van der Waals surface area contributed by atoms with Crippen LogP contribution in [0, 0.1) is 5.92 Å². The van der Waals surface area contributed by atoms with Crippen LogP contribution in [0.4, 0.5) is 4.39 Å². The van der Waals surface area contributed by atoms with E-state index in [0.29, 0.717) is 32.0 Å². The Morgan fingerprint density at radius 3 is 2.14 bits per heavy atom. The first-order valence-corrected chi connectivity index (χ1v) is 14.0. The van der Waals surface area contributed by atoms with Crippen molar-refractivity contribution in [2.45, 2.75) is 56.1 Å². The maximum absolute atomic E-state index is 13.9. The highest BCUT2D eigenvalue weighted by Gasteiger charge is 2.34. The second-order valence-electron chi connectivity index (χ2n) is 10.4. The van der Waals surface area contributed by atoms with Gasteiger partial charge in [-0.25, -0.2) is 12.8 Å². The van der Waals surface area contributed by atoms with Gasteiger partial charge in [-0.2, -0.15) is 4.31 Å². The number of piperidine rings is 1. The molecule has 0 radical (unpaired) electrons. The quantitative estimate of drug-likeness (QED) is 0.550. The summed E-state index contributed by atoms with van der Waals surface area (Å²) in [5, 5.41) is 9.49. The molecule has 0 spiro atoms. The summed E-state index contributed by atoms with van der Waals surface area (Å²) in [7, 11) is -3.60. The van der Waals surface area contributed by atoms with Crippen molar-refractivity contribution in [1.82, 2.24) is 9.21 Å². The lowest BCUT2D eigenvalue weighted by Crippen LogP contribution is -2.41. The Morgan fingerprint density at radius 1 is 0.971 bits per heavy atom. The Labute approximate surface area is 208 Å². The zero-order valence-corrected chi connectivity index (χ0v) is 21.5. The van der Waals surface area contributed by atoms with Crippen molar-refractivity contribution in [3.05, 3.63) is 48.5 Å². The molecule has 35 heavy (non-hydrogen) atoms. The number of hydrogen-bond acceptors (Lipinski definition) is 5. The van der Waals surface area contributed by atoms with Crippen LogP contribution in [-0.4, -0.2) is 73.8 Å². The molecule has 2 aromatic rings. The molecule has 8 heteroatoms. The molecule has 0 bridgehead atoms. The average Bonchev–Trinajstić information content (AvgIpc) is 3.33. The molecule has 1 unspecified atom stereocenters. The number of sulfonamides is 1. The van der Waals surface area contributed by atoms with Gasteiger partial charge in [-0.15, -0.1) is 0 Å². The molecule has 0 amide bonds. The van der Waals surface area contributed by atoms with Crippen molar-refractivity contribution in [3.8, 4) is 16.9 Å². The Bertz CT molecular complexity index is 1060. The van der Waals surface area contributed by atoms with Gasteiger partial charge in [-0.3, -0.25) is 0 Å². The number of rotatable bonds is 9. The number of aliphatic hydroxyl groups is 1. The zero-order chi connectivity index (χ0) is 25.1. The molecule has 192 valence electrons. The molecule has 2 heterocycles. The second-order valence-corrected chi connectivity index (χ2v) is 12.3. The van der Waals surface area contributed by atoms with Crippen LogP contribution >= 0.6 is 0 Å². The third kappa shape index (κ3) is 6.61. The molecule has 1 atom stereocenters. The van der Waals surface area contributed by atoms with E-state index in [2.05, 4.69) is 4.90 Å². The number of halogens is 1. The van der Waals surface area contributed by atoms with Crippen molar-refractivity contribution >= 4 is 10.0 Å². The van der Waals surface area contributed by atoms with Crippen LogP contribution in [0.5, 0.6) is 5.75 Å². The van der Waals surface area contributed by atoms with Gasteiger partial charge in [-0.1, -0.05) is 24.3 Å². The van der Waals surface area contributed by atoms with Gasteiger partial charge in [0.1, 0.15) is 11.4 Å². The lowest BCUT2D eigenvalue weighted by molar-refractivity contribution is 0.0836.